The summed E-state index contributed by atoms with van der Waals surface area (Å²) >= 11 is 0. The normalized spacial score (nSPS) is 20.2. The van der Waals surface area contributed by atoms with E-state index in [9.17, 15) is 14.8 Å². The first-order chi connectivity index (χ1) is 8.00. The molecule has 1 aliphatic heterocycles. The summed E-state index contributed by atoms with van der Waals surface area (Å²) in [6.07, 6.45) is 0.382. The molecule has 1 N–H and O–H groups in total. The van der Waals surface area contributed by atoms with Crippen LogP contribution in [0.4, 0.5) is 0 Å². The minimum atomic E-state index is -0.943. The van der Waals surface area contributed by atoms with E-state index in [4.69, 9.17) is 5.11 Å². The number of esters is 1. The van der Waals surface area contributed by atoms with Crippen LogP contribution in [0.5, 0.6) is 0 Å². The van der Waals surface area contributed by atoms with Gasteiger partial charge in [-0.1, -0.05) is 0 Å². The van der Waals surface area contributed by atoms with Crippen LogP contribution in [-0.2, 0) is 19.2 Å². The maximum absolute atomic E-state index is 11.3. The number of carboxylic acid groups (broad SMARTS) is 1. The third-order valence-electron chi connectivity index (χ3n) is 2.20. The summed E-state index contributed by atoms with van der Waals surface area (Å²) in [4.78, 5) is 25.6. The Kier molecular flexibility index (Phi) is 4.49. The fourth-order valence-corrected chi connectivity index (χ4v) is 1.33. The van der Waals surface area contributed by atoms with Gasteiger partial charge in [-0.15, -0.1) is 5.01 Å². The molecule has 1 atom stereocenters. The van der Waals surface area contributed by atoms with E-state index in [-0.39, 0.29) is 11.5 Å². The molecule has 1 saturated heterocycles. The summed E-state index contributed by atoms with van der Waals surface area (Å²) in [6, 6.07) is 0. The first-order valence-corrected chi connectivity index (χ1v) is 4.92. The van der Waals surface area contributed by atoms with Gasteiger partial charge in [0.05, 0.1) is 24.0 Å². The Bertz CT molecular complexity index is 331. The van der Waals surface area contributed by atoms with Gasteiger partial charge in [-0.2, -0.15) is 0 Å². The Hall–Kier alpha value is -2.06. The quantitative estimate of drug-likeness (QED) is 0.177. The van der Waals surface area contributed by atoms with Crippen molar-refractivity contribution in [1.82, 2.24) is 5.01 Å². The highest BCUT2D eigenvalue weighted by atomic mass is 16.8. The van der Waals surface area contributed by atoms with Gasteiger partial charge in [-0.25, -0.2) is 0 Å². The smallest absolute Gasteiger partial charge is 0.308 e. The molecule has 0 aromatic carbocycles. The monoisotopic (exact) mass is 247 g/mol. The number of nitrogens with zero attached hydrogens (tertiary/aromatic N) is 3. The van der Waals surface area contributed by atoms with Gasteiger partial charge < -0.3 is 19.9 Å². The zero-order valence-electron chi connectivity index (χ0n) is 9.24. The van der Waals surface area contributed by atoms with Gasteiger partial charge in [-0.3, -0.25) is 9.59 Å². The maximum atomic E-state index is 11.3. The molecule has 0 aromatic rings. The van der Waals surface area contributed by atoms with E-state index in [0.717, 1.165) is 0 Å². The molecule has 0 aromatic heterocycles. The summed E-state index contributed by atoms with van der Waals surface area (Å²) in [5, 5.41) is 24.3. The van der Waals surface area contributed by atoms with Crippen LogP contribution < -0.4 is 0 Å². The number of hydrogen-bond donors (Lipinski definition) is 1. The van der Waals surface area contributed by atoms with Crippen molar-refractivity contribution in [3.63, 3.8) is 0 Å². The Morgan fingerprint density at radius 2 is 2.35 bits per heavy atom. The molecule has 96 valence electrons. The lowest BCUT2D eigenvalue weighted by atomic mass is 10.1. The van der Waals surface area contributed by atoms with Gasteiger partial charge in [0.25, 0.3) is 6.79 Å². The summed E-state index contributed by atoms with van der Waals surface area (Å²) in [5.41, 5.74) is 0. The lowest BCUT2D eigenvalue weighted by Gasteiger charge is -2.10. The number of aliphatic carboxylic acids is 1. The van der Waals surface area contributed by atoms with Gasteiger partial charge >= 0.3 is 11.9 Å². The predicted molar refractivity (Wildman–Crippen MR) is 51.1 cm³/mol. The SMILES string of the molecule is CC(=O)OCON=[N+]([O-])N1CCC(C(=O)O)C1. The number of hydrogen-bond acceptors (Lipinski definition) is 6. The van der Waals surface area contributed by atoms with Crippen molar-refractivity contribution < 1.29 is 29.2 Å². The summed E-state index contributed by atoms with van der Waals surface area (Å²) in [6.45, 7) is 1.11. The molecule has 1 unspecified atom stereocenters. The highest BCUT2D eigenvalue weighted by Gasteiger charge is 2.32. The number of carbonyl (C=O) groups is 2. The van der Waals surface area contributed by atoms with Gasteiger partial charge in [-0.05, 0) is 6.42 Å². The molecule has 1 heterocycles. The number of carbonyl (C=O) groups excluding carboxylic acids is 1. The van der Waals surface area contributed by atoms with Crippen molar-refractivity contribution in [2.75, 3.05) is 19.9 Å². The van der Waals surface area contributed by atoms with E-state index in [0.29, 0.717) is 13.0 Å². The fourth-order valence-electron chi connectivity index (χ4n) is 1.33. The molecule has 0 saturated carbocycles. The van der Waals surface area contributed by atoms with Crippen LogP contribution in [0.1, 0.15) is 13.3 Å². The molecular formula is C8H13N3O6. The van der Waals surface area contributed by atoms with Crippen molar-refractivity contribution in [2.24, 2.45) is 11.2 Å². The van der Waals surface area contributed by atoms with Crippen molar-refractivity contribution >= 4 is 11.9 Å². The van der Waals surface area contributed by atoms with Crippen LogP contribution >= 0.6 is 0 Å². The van der Waals surface area contributed by atoms with Gasteiger partial charge in [0, 0.05) is 6.92 Å². The Morgan fingerprint density at radius 3 is 2.88 bits per heavy atom. The molecule has 1 fully saturated rings. The summed E-state index contributed by atoms with van der Waals surface area (Å²) < 4.78 is 4.38. The average molecular weight is 247 g/mol. The van der Waals surface area contributed by atoms with Crippen molar-refractivity contribution in [3.05, 3.63) is 5.21 Å². The molecule has 1 aliphatic rings. The second-order valence-electron chi connectivity index (χ2n) is 3.45. The number of rotatable bonds is 5. The Morgan fingerprint density at radius 1 is 1.65 bits per heavy atom. The maximum Gasteiger partial charge on any atom is 0.308 e. The van der Waals surface area contributed by atoms with Crippen molar-refractivity contribution in [3.8, 4) is 0 Å². The predicted octanol–water partition coefficient (Wildman–Crippen LogP) is -0.277. The van der Waals surface area contributed by atoms with E-state index in [1.165, 1.54) is 11.9 Å². The van der Waals surface area contributed by atoms with Crippen molar-refractivity contribution in [1.29, 1.82) is 0 Å². The Balaban J connectivity index is 2.33. The third-order valence-corrected chi connectivity index (χ3v) is 2.20. The Labute approximate surface area is 96.7 Å². The second-order valence-corrected chi connectivity index (χ2v) is 3.45. The molecule has 17 heavy (non-hydrogen) atoms. The molecule has 1 rings (SSSR count). The highest BCUT2D eigenvalue weighted by Crippen LogP contribution is 2.16. The molecule has 9 nitrogen and oxygen atoms in total. The minimum Gasteiger partial charge on any atom is -0.569 e. The lowest BCUT2D eigenvalue weighted by molar-refractivity contribution is -0.708. The van der Waals surface area contributed by atoms with Crippen LogP contribution in [0.25, 0.3) is 0 Å². The van der Waals surface area contributed by atoms with Crippen LogP contribution in [0.15, 0.2) is 5.28 Å². The first-order valence-electron chi connectivity index (χ1n) is 4.92. The first kappa shape index (κ1) is 13.0. The molecule has 0 spiro atoms. The topological polar surface area (TPSA) is 114 Å². The van der Waals surface area contributed by atoms with Crippen molar-refractivity contribution in [2.45, 2.75) is 13.3 Å². The van der Waals surface area contributed by atoms with Crippen LogP contribution in [0, 0.1) is 11.1 Å². The second kappa shape index (κ2) is 5.87. The largest absolute Gasteiger partial charge is 0.569 e. The highest BCUT2D eigenvalue weighted by molar-refractivity contribution is 5.70. The molecule has 9 heteroatoms. The van der Waals surface area contributed by atoms with Crippen LogP contribution in [-0.4, -0.2) is 46.9 Å². The molecule has 0 amide bonds. The third kappa shape index (κ3) is 4.13. The fraction of sp³-hybridized carbons (Fsp3) is 0.750. The summed E-state index contributed by atoms with van der Waals surface area (Å²) in [7, 11) is 0. The zero-order valence-corrected chi connectivity index (χ0v) is 9.24. The van der Waals surface area contributed by atoms with Gasteiger partial charge in [0.1, 0.15) is 0 Å². The zero-order chi connectivity index (χ0) is 12.8. The molecule has 0 bridgehead atoms. The van der Waals surface area contributed by atoms with E-state index < -0.39 is 24.6 Å². The van der Waals surface area contributed by atoms with Crippen LogP contribution in [0.3, 0.4) is 0 Å². The van der Waals surface area contributed by atoms with Crippen LogP contribution in [0.2, 0.25) is 0 Å². The lowest BCUT2D eigenvalue weighted by Crippen LogP contribution is -2.29. The number of carboxylic acids is 1. The molecule has 0 aliphatic carbocycles. The number of hydrazine groups is 1. The number of ether oxygens (including phenoxy) is 1. The van der Waals surface area contributed by atoms with E-state index in [2.05, 4.69) is 14.9 Å². The molecule has 0 radical (unpaired) electrons. The molecular weight excluding hydrogens is 234 g/mol. The standard InChI is InChI=1S/C8H13N3O6/c1-6(12)16-5-17-9-11(15)10-3-2-7(4-10)8(13)14/h7H,2-5H2,1H3,(H,13,14). The average Bonchev–Trinajstić information content (AvgIpc) is 2.73. The van der Waals surface area contributed by atoms with E-state index >= 15 is 0 Å². The van der Waals surface area contributed by atoms with Gasteiger partial charge in [0.15, 0.2) is 0 Å². The van der Waals surface area contributed by atoms with E-state index in [1.807, 2.05) is 0 Å². The van der Waals surface area contributed by atoms with Gasteiger partial charge in [0.2, 0.25) is 5.28 Å². The summed E-state index contributed by atoms with van der Waals surface area (Å²) in [5.74, 6) is -2.07. The van der Waals surface area contributed by atoms with E-state index in [1.54, 1.807) is 0 Å². The minimum absolute atomic E-state index is 0.0826.